The molecule has 0 aliphatic rings. The van der Waals surface area contributed by atoms with Crippen molar-refractivity contribution < 1.29 is 0 Å². The molecule has 0 N–H and O–H groups in total. The van der Waals surface area contributed by atoms with Gasteiger partial charge in [-0.1, -0.05) is 91.0 Å². The van der Waals surface area contributed by atoms with Crippen LogP contribution >= 0.6 is 11.3 Å². The maximum atomic E-state index is 2.36. The van der Waals surface area contributed by atoms with Crippen LogP contribution in [-0.2, 0) is 0 Å². The molecule has 7 rings (SSSR count). The Kier molecular flexibility index (Phi) is 5.04. The smallest absolute Gasteiger partial charge is 0.0468 e. The Bertz CT molecular complexity index is 1820. The van der Waals surface area contributed by atoms with E-state index in [-0.39, 0.29) is 0 Å². The van der Waals surface area contributed by atoms with Crippen molar-refractivity contribution in [2.24, 2.45) is 0 Å². The van der Waals surface area contributed by atoms with Crippen LogP contribution in [0, 0.1) is 0 Å². The van der Waals surface area contributed by atoms with Crippen molar-refractivity contribution in [3.8, 4) is 11.1 Å². The Morgan fingerprint density at radius 3 is 1.83 bits per heavy atom. The van der Waals surface area contributed by atoms with Crippen molar-refractivity contribution in [3.63, 3.8) is 0 Å². The molecule has 36 heavy (non-hydrogen) atoms. The van der Waals surface area contributed by atoms with E-state index in [0.717, 1.165) is 17.1 Å². The van der Waals surface area contributed by atoms with Crippen molar-refractivity contribution in [2.45, 2.75) is 0 Å². The van der Waals surface area contributed by atoms with E-state index in [4.69, 9.17) is 0 Å². The molecular weight excluding hydrogens is 454 g/mol. The van der Waals surface area contributed by atoms with Crippen LogP contribution < -0.4 is 4.90 Å². The molecule has 170 valence electrons. The highest BCUT2D eigenvalue weighted by atomic mass is 32.1. The van der Waals surface area contributed by atoms with E-state index in [2.05, 4.69) is 144 Å². The molecular formula is C34H23NS. The molecule has 7 aromatic rings. The lowest BCUT2D eigenvalue weighted by molar-refractivity contribution is 1.29. The number of fused-ring (bicyclic) bond motifs is 5. The molecule has 0 bridgehead atoms. The topological polar surface area (TPSA) is 3.24 Å². The van der Waals surface area contributed by atoms with E-state index in [1.807, 2.05) is 11.3 Å². The quantitative estimate of drug-likeness (QED) is 0.244. The second kappa shape index (κ2) is 8.67. The fourth-order valence-electron chi connectivity index (χ4n) is 5.13. The molecule has 0 saturated carbocycles. The molecule has 1 nitrogen and oxygen atoms in total. The van der Waals surface area contributed by atoms with E-state index in [1.165, 1.54) is 42.1 Å². The molecule has 0 saturated heterocycles. The Hall–Kier alpha value is -4.40. The predicted octanol–water partition coefficient (Wildman–Crippen LogP) is 10.3. The number of benzene rings is 6. The third-order valence-electron chi connectivity index (χ3n) is 6.85. The zero-order valence-corrected chi connectivity index (χ0v) is 20.5. The minimum Gasteiger partial charge on any atom is -0.310 e. The van der Waals surface area contributed by atoms with E-state index in [9.17, 15) is 0 Å². The van der Waals surface area contributed by atoms with Crippen molar-refractivity contribution in [1.29, 1.82) is 0 Å². The maximum absolute atomic E-state index is 2.36. The zero-order valence-electron chi connectivity index (χ0n) is 19.6. The van der Waals surface area contributed by atoms with E-state index < -0.39 is 0 Å². The molecule has 0 radical (unpaired) electrons. The predicted molar refractivity (Wildman–Crippen MR) is 157 cm³/mol. The SMILES string of the molecule is c1ccc(-c2ccc(N(c3ccccc3)c3ccc4sc5ccc6ccccc6c5c4c3)cc2)cc1. The number of para-hydroxylation sites is 1. The highest BCUT2D eigenvalue weighted by molar-refractivity contribution is 7.26. The number of anilines is 3. The van der Waals surface area contributed by atoms with Gasteiger partial charge >= 0.3 is 0 Å². The summed E-state index contributed by atoms with van der Waals surface area (Å²) in [7, 11) is 0. The Morgan fingerprint density at radius 2 is 1.03 bits per heavy atom. The average molecular weight is 478 g/mol. The largest absolute Gasteiger partial charge is 0.310 e. The molecule has 0 aliphatic carbocycles. The van der Waals surface area contributed by atoms with Gasteiger partial charge in [0.05, 0.1) is 0 Å². The number of thiophene rings is 1. The maximum Gasteiger partial charge on any atom is 0.0468 e. The van der Waals surface area contributed by atoms with Crippen LogP contribution in [0.15, 0.2) is 140 Å². The first-order chi connectivity index (χ1) is 17.8. The van der Waals surface area contributed by atoms with Crippen LogP contribution in [0.2, 0.25) is 0 Å². The van der Waals surface area contributed by atoms with Crippen LogP contribution in [0.4, 0.5) is 17.1 Å². The van der Waals surface area contributed by atoms with Gasteiger partial charge in [0, 0.05) is 37.2 Å². The Balaban J connectivity index is 1.41. The summed E-state index contributed by atoms with van der Waals surface area (Å²) < 4.78 is 2.65. The first kappa shape index (κ1) is 20.9. The van der Waals surface area contributed by atoms with E-state index >= 15 is 0 Å². The lowest BCUT2D eigenvalue weighted by atomic mass is 10.0. The summed E-state index contributed by atoms with van der Waals surface area (Å²) >= 11 is 1.87. The molecule has 0 atom stereocenters. The van der Waals surface area contributed by atoms with E-state index in [1.54, 1.807) is 0 Å². The highest BCUT2D eigenvalue weighted by Crippen LogP contribution is 2.42. The lowest BCUT2D eigenvalue weighted by Gasteiger charge is -2.26. The van der Waals surface area contributed by atoms with E-state index in [0.29, 0.717) is 0 Å². The average Bonchev–Trinajstić information content (AvgIpc) is 3.33. The van der Waals surface area contributed by atoms with Gasteiger partial charge in [0.1, 0.15) is 0 Å². The Labute approximate surface area is 214 Å². The molecule has 6 aromatic carbocycles. The summed E-state index contributed by atoms with van der Waals surface area (Å²) in [5, 5.41) is 5.26. The molecule has 1 aromatic heterocycles. The van der Waals surface area contributed by atoms with Gasteiger partial charge in [0.15, 0.2) is 0 Å². The first-order valence-electron chi connectivity index (χ1n) is 12.2. The van der Waals surface area contributed by atoms with Crippen molar-refractivity contribution in [3.05, 3.63) is 140 Å². The summed E-state index contributed by atoms with van der Waals surface area (Å²) in [5.74, 6) is 0. The third-order valence-corrected chi connectivity index (χ3v) is 7.98. The highest BCUT2D eigenvalue weighted by Gasteiger charge is 2.15. The molecule has 0 aliphatic heterocycles. The monoisotopic (exact) mass is 477 g/mol. The fourth-order valence-corrected chi connectivity index (χ4v) is 6.23. The Morgan fingerprint density at radius 1 is 0.417 bits per heavy atom. The third kappa shape index (κ3) is 3.55. The molecule has 0 spiro atoms. The van der Waals surface area contributed by atoms with Crippen LogP contribution in [0.5, 0.6) is 0 Å². The summed E-state index contributed by atoms with van der Waals surface area (Å²) in [6, 6.07) is 50.1. The molecule has 1 heterocycles. The first-order valence-corrected chi connectivity index (χ1v) is 13.0. The van der Waals surface area contributed by atoms with Gasteiger partial charge < -0.3 is 4.90 Å². The van der Waals surface area contributed by atoms with Gasteiger partial charge in [0.25, 0.3) is 0 Å². The number of hydrogen-bond donors (Lipinski definition) is 0. The lowest BCUT2D eigenvalue weighted by Crippen LogP contribution is -2.09. The van der Waals surface area contributed by atoms with Gasteiger partial charge in [0.2, 0.25) is 0 Å². The van der Waals surface area contributed by atoms with Crippen LogP contribution in [0.1, 0.15) is 0 Å². The van der Waals surface area contributed by atoms with Crippen molar-refractivity contribution >= 4 is 59.3 Å². The molecule has 0 amide bonds. The summed E-state index contributed by atoms with van der Waals surface area (Å²) in [4.78, 5) is 2.35. The van der Waals surface area contributed by atoms with Crippen molar-refractivity contribution in [2.75, 3.05) is 4.90 Å². The number of nitrogens with zero attached hydrogens (tertiary/aromatic N) is 1. The van der Waals surface area contributed by atoms with Gasteiger partial charge in [-0.25, -0.2) is 0 Å². The van der Waals surface area contributed by atoms with Crippen molar-refractivity contribution in [1.82, 2.24) is 0 Å². The molecule has 0 unspecified atom stereocenters. The summed E-state index contributed by atoms with van der Waals surface area (Å²) in [6.45, 7) is 0. The van der Waals surface area contributed by atoms with Gasteiger partial charge in [-0.2, -0.15) is 0 Å². The summed E-state index contributed by atoms with van der Waals surface area (Å²) in [5.41, 5.74) is 5.90. The second-order valence-corrected chi connectivity index (χ2v) is 10.1. The number of rotatable bonds is 4. The van der Waals surface area contributed by atoms with Crippen LogP contribution in [-0.4, -0.2) is 0 Å². The minimum absolute atomic E-state index is 1.14. The zero-order chi connectivity index (χ0) is 23.9. The van der Waals surface area contributed by atoms with Crippen LogP contribution in [0.25, 0.3) is 42.1 Å². The number of hydrogen-bond acceptors (Lipinski definition) is 2. The molecule has 2 heteroatoms. The standard InChI is InChI=1S/C34H23NS/c1-3-9-24(10-4-1)25-15-18-28(19-16-25)35(27-12-5-2-6-13-27)29-20-22-32-31(23-29)34-30-14-8-7-11-26(30)17-21-33(34)36-32/h1-23H. The second-order valence-electron chi connectivity index (χ2n) is 9.03. The van der Waals surface area contributed by atoms with Gasteiger partial charge in [-0.15, -0.1) is 11.3 Å². The molecule has 0 fully saturated rings. The van der Waals surface area contributed by atoms with Gasteiger partial charge in [-0.05, 0) is 70.4 Å². The minimum atomic E-state index is 1.14. The normalized spacial score (nSPS) is 11.3. The van der Waals surface area contributed by atoms with Gasteiger partial charge in [-0.3, -0.25) is 0 Å². The van der Waals surface area contributed by atoms with Crippen LogP contribution in [0.3, 0.4) is 0 Å². The fraction of sp³-hybridized carbons (Fsp3) is 0. The summed E-state index contributed by atoms with van der Waals surface area (Å²) in [6.07, 6.45) is 0.